The Morgan fingerprint density at radius 1 is 1.31 bits per heavy atom. The molecule has 0 bridgehead atoms. The van der Waals surface area contributed by atoms with Gasteiger partial charge in [0.2, 0.25) is 0 Å². The van der Waals surface area contributed by atoms with Crippen LogP contribution in [0.25, 0.3) is 0 Å². The molecular formula is C11H24N2. The summed E-state index contributed by atoms with van der Waals surface area (Å²) in [4.78, 5) is 2.62. The van der Waals surface area contributed by atoms with E-state index in [4.69, 9.17) is 0 Å². The lowest BCUT2D eigenvalue weighted by Gasteiger charge is -2.33. The summed E-state index contributed by atoms with van der Waals surface area (Å²) in [6.45, 7) is 9.50. The highest BCUT2D eigenvalue weighted by Gasteiger charge is 2.16. The summed E-state index contributed by atoms with van der Waals surface area (Å²) < 4.78 is 0. The fraction of sp³-hybridized carbons (Fsp3) is 1.00. The maximum atomic E-state index is 3.42. The van der Waals surface area contributed by atoms with E-state index in [1.54, 1.807) is 0 Å². The van der Waals surface area contributed by atoms with Gasteiger partial charge in [-0.15, -0.1) is 0 Å². The van der Waals surface area contributed by atoms with E-state index in [9.17, 15) is 0 Å². The molecule has 0 aromatic rings. The first-order valence-corrected chi connectivity index (χ1v) is 5.79. The van der Waals surface area contributed by atoms with E-state index in [1.807, 2.05) is 0 Å². The Kier molecular flexibility index (Phi) is 5.40. The third kappa shape index (κ3) is 4.10. The maximum absolute atomic E-state index is 3.42. The molecule has 1 unspecified atom stereocenters. The van der Waals surface area contributed by atoms with Gasteiger partial charge in [0.1, 0.15) is 0 Å². The maximum Gasteiger partial charge on any atom is 0.0192 e. The smallest absolute Gasteiger partial charge is 0.0192 e. The molecule has 1 aliphatic rings. The quantitative estimate of drug-likeness (QED) is 0.656. The van der Waals surface area contributed by atoms with E-state index in [1.165, 1.54) is 51.9 Å². The SMILES string of the molecule is CCCCCCN1CCNCC1C. The fourth-order valence-corrected chi connectivity index (χ4v) is 1.96. The third-order valence-electron chi connectivity index (χ3n) is 2.94. The lowest BCUT2D eigenvalue weighted by atomic mass is 10.1. The molecular weight excluding hydrogens is 160 g/mol. The van der Waals surface area contributed by atoms with Gasteiger partial charge in [0.15, 0.2) is 0 Å². The monoisotopic (exact) mass is 184 g/mol. The van der Waals surface area contributed by atoms with Crippen molar-refractivity contribution in [3.63, 3.8) is 0 Å². The van der Waals surface area contributed by atoms with E-state index in [0.717, 1.165) is 6.04 Å². The van der Waals surface area contributed by atoms with Crippen molar-refractivity contribution >= 4 is 0 Å². The fourth-order valence-electron chi connectivity index (χ4n) is 1.96. The van der Waals surface area contributed by atoms with Crippen molar-refractivity contribution in [2.24, 2.45) is 0 Å². The summed E-state index contributed by atoms with van der Waals surface area (Å²) in [5.41, 5.74) is 0. The molecule has 0 aromatic heterocycles. The topological polar surface area (TPSA) is 15.3 Å². The van der Waals surface area contributed by atoms with E-state index < -0.39 is 0 Å². The second-order valence-electron chi connectivity index (χ2n) is 4.15. The van der Waals surface area contributed by atoms with Crippen LogP contribution in [0.3, 0.4) is 0 Å². The molecule has 1 rings (SSSR count). The van der Waals surface area contributed by atoms with Crippen molar-refractivity contribution in [2.75, 3.05) is 26.2 Å². The van der Waals surface area contributed by atoms with Crippen LogP contribution >= 0.6 is 0 Å². The molecule has 13 heavy (non-hydrogen) atoms. The average Bonchev–Trinajstić information content (AvgIpc) is 2.15. The Morgan fingerprint density at radius 2 is 2.15 bits per heavy atom. The van der Waals surface area contributed by atoms with Crippen LogP contribution in [0, 0.1) is 0 Å². The van der Waals surface area contributed by atoms with Crippen LogP contribution in [0.4, 0.5) is 0 Å². The van der Waals surface area contributed by atoms with Gasteiger partial charge in [-0.1, -0.05) is 26.2 Å². The van der Waals surface area contributed by atoms with E-state index >= 15 is 0 Å². The molecule has 1 saturated heterocycles. The first-order chi connectivity index (χ1) is 6.34. The van der Waals surface area contributed by atoms with Crippen LogP contribution in [-0.4, -0.2) is 37.1 Å². The van der Waals surface area contributed by atoms with E-state index in [-0.39, 0.29) is 0 Å². The van der Waals surface area contributed by atoms with Crippen molar-refractivity contribution in [1.82, 2.24) is 10.2 Å². The zero-order valence-electron chi connectivity index (χ0n) is 9.18. The second kappa shape index (κ2) is 6.39. The number of unbranched alkanes of at least 4 members (excludes halogenated alkanes) is 3. The summed E-state index contributed by atoms with van der Waals surface area (Å²) in [5, 5.41) is 3.42. The molecule has 0 spiro atoms. The Balaban J connectivity index is 2.05. The molecule has 1 N–H and O–H groups in total. The third-order valence-corrected chi connectivity index (χ3v) is 2.94. The molecule has 78 valence electrons. The normalized spacial score (nSPS) is 24.9. The Morgan fingerprint density at radius 3 is 2.85 bits per heavy atom. The highest BCUT2D eigenvalue weighted by molar-refractivity contribution is 4.75. The van der Waals surface area contributed by atoms with Gasteiger partial charge in [-0.25, -0.2) is 0 Å². The summed E-state index contributed by atoms with van der Waals surface area (Å²) >= 11 is 0. The standard InChI is InChI=1S/C11H24N2/c1-3-4-5-6-8-13-9-7-12-10-11(13)2/h11-12H,3-10H2,1-2H3. The number of hydrogen-bond donors (Lipinski definition) is 1. The minimum atomic E-state index is 0.746. The number of piperazine rings is 1. The van der Waals surface area contributed by atoms with Gasteiger partial charge in [-0.3, -0.25) is 4.90 Å². The average molecular weight is 184 g/mol. The minimum absolute atomic E-state index is 0.746. The Labute approximate surface area is 82.7 Å². The van der Waals surface area contributed by atoms with Crippen LogP contribution in [0.2, 0.25) is 0 Å². The zero-order valence-corrected chi connectivity index (χ0v) is 9.18. The molecule has 0 saturated carbocycles. The van der Waals surface area contributed by atoms with Gasteiger partial charge < -0.3 is 5.32 Å². The lowest BCUT2D eigenvalue weighted by molar-refractivity contribution is 0.170. The number of rotatable bonds is 5. The van der Waals surface area contributed by atoms with Gasteiger partial charge >= 0.3 is 0 Å². The number of nitrogens with one attached hydrogen (secondary N) is 1. The molecule has 0 radical (unpaired) electrons. The molecule has 2 heteroatoms. The molecule has 2 nitrogen and oxygen atoms in total. The van der Waals surface area contributed by atoms with E-state index in [2.05, 4.69) is 24.1 Å². The molecule has 0 aromatic carbocycles. The van der Waals surface area contributed by atoms with E-state index in [0.29, 0.717) is 0 Å². The van der Waals surface area contributed by atoms with Crippen molar-refractivity contribution in [3.8, 4) is 0 Å². The molecule has 0 aliphatic carbocycles. The predicted octanol–water partition coefficient (Wildman–Crippen LogP) is 1.86. The first-order valence-electron chi connectivity index (χ1n) is 5.79. The highest BCUT2D eigenvalue weighted by atomic mass is 15.2. The van der Waals surface area contributed by atoms with Crippen molar-refractivity contribution < 1.29 is 0 Å². The summed E-state index contributed by atoms with van der Waals surface area (Å²) in [6, 6.07) is 0.746. The first kappa shape index (κ1) is 11.0. The summed E-state index contributed by atoms with van der Waals surface area (Å²) in [5.74, 6) is 0. The van der Waals surface area contributed by atoms with Gasteiger partial charge in [0.05, 0.1) is 0 Å². The largest absolute Gasteiger partial charge is 0.314 e. The Hall–Kier alpha value is -0.0800. The zero-order chi connectivity index (χ0) is 9.52. The van der Waals surface area contributed by atoms with Crippen LogP contribution in [0.5, 0.6) is 0 Å². The second-order valence-corrected chi connectivity index (χ2v) is 4.15. The van der Waals surface area contributed by atoms with Gasteiger partial charge in [0.25, 0.3) is 0 Å². The van der Waals surface area contributed by atoms with Crippen molar-refractivity contribution in [1.29, 1.82) is 0 Å². The van der Waals surface area contributed by atoms with Gasteiger partial charge in [0, 0.05) is 25.7 Å². The predicted molar refractivity (Wildman–Crippen MR) is 58.0 cm³/mol. The molecule has 0 amide bonds. The van der Waals surface area contributed by atoms with Crippen molar-refractivity contribution in [2.45, 2.75) is 45.6 Å². The summed E-state index contributed by atoms with van der Waals surface area (Å²) in [7, 11) is 0. The van der Waals surface area contributed by atoms with Crippen molar-refractivity contribution in [3.05, 3.63) is 0 Å². The van der Waals surface area contributed by atoms with Gasteiger partial charge in [-0.2, -0.15) is 0 Å². The number of hydrogen-bond acceptors (Lipinski definition) is 2. The highest BCUT2D eigenvalue weighted by Crippen LogP contribution is 2.06. The van der Waals surface area contributed by atoms with Gasteiger partial charge in [-0.05, 0) is 19.9 Å². The lowest BCUT2D eigenvalue weighted by Crippen LogP contribution is -2.49. The molecule has 1 aliphatic heterocycles. The Bertz CT molecular complexity index is 125. The molecule has 1 fully saturated rings. The van der Waals surface area contributed by atoms with Crippen LogP contribution in [-0.2, 0) is 0 Å². The summed E-state index contributed by atoms with van der Waals surface area (Å²) in [6.07, 6.45) is 5.54. The minimum Gasteiger partial charge on any atom is -0.314 e. The van der Waals surface area contributed by atoms with Crippen LogP contribution in [0.15, 0.2) is 0 Å². The van der Waals surface area contributed by atoms with Crippen LogP contribution < -0.4 is 5.32 Å². The van der Waals surface area contributed by atoms with Crippen LogP contribution in [0.1, 0.15) is 39.5 Å². The molecule has 1 heterocycles. The number of nitrogens with zero attached hydrogens (tertiary/aromatic N) is 1. The molecule has 1 atom stereocenters.